The van der Waals surface area contributed by atoms with Crippen LogP contribution in [0.1, 0.15) is 5.56 Å². The van der Waals surface area contributed by atoms with Gasteiger partial charge in [0.15, 0.2) is 11.5 Å². The molecular weight excluding hydrogens is 330 g/mol. The first-order valence-electron chi connectivity index (χ1n) is 8.84. The fraction of sp³-hybridized carbons (Fsp3) is 0.368. The van der Waals surface area contributed by atoms with Crippen LogP contribution in [-0.2, 0) is 6.54 Å². The van der Waals surface area contributed by atoms with E-state index in [0.29, 0.717) is 13.3 Å². The Morgan fingerprint density at radius 2 is 1.92 bits per heavy atom. The van der Waals surface area contributed by atoms with Crippen molar-refractivity contribution in [2.45, 2.75) is 6.54 Å². The summed E-state index contributed by atoms with van der Waals surface area (Å²) in [4.78, 5) is 13.4. The molecule has 26 heavy (non-hydrogen) atoms. The topological polar surface area (TPSA) is 62.8 Å². The van der Waals surface area contributed by atoms with E-state index in [4.69, 9.17) is 9.47 Å². The average Bonchev–Trinajstić information content (AvgIpc) is 3.15. The molecule has 0 radical (unpaired) electrons. The second-order valence-corrected chi connectivity index (χ2v) is 6.38. The molecule has 0 unspecified atom stereocenters. The molecule has 2 aliphatic heterocycles. The van der Waals surface area contributed by atoms with E-state index in [9.17, 15) is 0 Å². The molecule has 0 saturated carbocycles. The van der Waals surface area contributed by atoms with E-state index in [1.165, 1.54) is 5.56 Å². The highest BCUT2D eigenvalue weighted by atomic mass is 16.7. The molecule has 3 heterocycles. The number of rotatable bonds is 6. The number of nitrogens with zero attached hydrogens (tertiary/aromatic N) is 4. The maximum Gasteiger partial charge on any atom is 0.231 e. The lowest BCUT2D eigenvalue weighted by Gasteiger charge is -2.35. The second-order valence-electron chi connectivity index (χ2n) is 6.38. The van der Waals surface area contributed by atoms with Crippen molar-refractivity contribution in [3.8, 4) is 11.5 Å². The molecule has 1 fully saturated rings. The van der Waals surface area contributed by atoms with Crippen molar-refractivity contribution in [2.75, 3.05) is 49.7 Å². The predicted octanol–water partition coefficient (Wildman–Crippen LogP) is 2.13. The van der Waals surface area contributed by atoms with Crippen LogP contribution < -0.4 is 19.7 Å². The van der Waals surface area contributed by atoms with Gasteiger partial charge in [-0.2, -0.15) is 0 Å². The number of anilines is 2. The van der Waals surface area contributed by atoms with Crippen LogP contribution in [-0.4, -0.2) is 54.4 Å². The summed E-state index contributed by atoms with van der Waals surface area (Å²) >= 11 is 0. The summed E-state index contributed by atoms with van der Waals surface area (Å²) in [5.74, 6) is 3.48. The standard InChI is InChI=1S/C19H23N5O2/c1-2-5-20-18-11-19(22-13-21-18)24-8-6-23(7-9-24)12-15-3-4-16-17(10-15)26-14-25-16/h2-4,10-11,13H,1,5-9,12,14H2,(H,20,21,22). The minimum atomic E-state index is 0.319. The lowest BCUT2D eigenvalue weighted by Crippen LogP contribution is -2.46. The summed E-state index contributed by atoms with van der Waals surface area (Å²) in [5.41, 5.74) is 1.25. The van der Waals surface area contributed by atoms with E-state index >= 15 is 0 Å². The van der Waals surface area contributed by atoms with E-state index in [-0.39, 0.29) is 0 Å². The number of hydrogen-bond acceptors (Lipinski definition) is 7. The van der Waals surface area contributed by atoms with Crippen LogP contribution in [0.15, 0.2) is 43.2 Å². The molecule has 0 spiro atoms. The Morgan fingerprint density at radius 3 is 2.77 bits per heavy atom. The van der Waals surface area contributed by atoms with E-state index in [2.05, 4.69) is 43.8 Å². The van der Waals surface area contributed by atoms with Gasteiger partial charge >= 0.3 is 0 Å². The first kappa shape index (κ1) is 16.7. The van der Waals surface area contributed by atoms with Gasteiger partial charge in [-0.25, -0.2) is 9.97 Å². The molecule has 1 aromatic heterocycles. The highest BCUT2D eigenvalue weighted by Crippen LogP contribution is 2.32. The molecule has 7 heteroatoms. The summed E-state index contributed by atoms with van der Waals surface area (Å²) in [5, 5.41) is 3.21. The number of nitrogens with one attached hydrogen (secondary N) is 1. The molecule has 7 nitrogen and oxygen atoms in total. The van der Waals surface area contributed by atoms with Crippen LogP contribution in [0.2, 0.25) is 0 Å². The molecule has 1 saturated heterocycles. The monoisotopic (exact) mass is 353 g/mol. The van der Waals surface area contributed by atoms with Crippen LogP contribution in [0.5, 0.6) is 11.5 Å². The minimum absolute atomic E-state index is 0.319. The maximum absolute atomic E-state index is 5.47. The number of benzene rings is 1. The Hall–Kier alpha value is -2.80. The lowest BCUT2D eigenvalue weighted by atomic mass is 10.1. The Labute approximate surface area is 153 Å². The largest absolute Gasteiger partial charge is 0.454 e. The van der Waals surface area contributed by atoms with Gasteiger partial charge in [0.2, 0.25) is 6.79 Å². The van der Waals surface area contributed by atoms with Crippen LogP contribution in [0.3, 0.4) is 0 Å². The number of ether oxygens (including phenoxy) is 2. The molecule has 1 aromatic carbocycles. The third-order valence-corrected chi connectivity index (χ3v) is 4.62. The zero-order chi connectivity index (χ0) is 17.8. The first-order valence-corrected chi connectivity index (χ1v) is 8.84. The van der Waals surface area contributed by atoms with Crippen LogP contribution in [0.25, 0.3) is 0 Å². The van der Waals surface area contributed by atoms with E-state index in [1.54, 1.807) is 6.33 Å². The van der Waals surface area contributed by atoms with Crippen molar-refractivity contribution in [1.82, 2.24) is 14.9 Å². The smallest absolute Gasteiger partial charge is 0.231 e. The first-order chi connectivity index (χ1) is 12.8. The van der Waals surface area contributed by atoms with Crippen molar-refractivity contribution in [3.63, 3.8) is 0 Å². The third kappa shape index (κ3) is 3.72. The summed E-state index contributed by atoms with van der Waals surface area (Å²) in [6, 6.07) is 8.18. The van der Waals surface area contributed by atoms with Gasteiger partial charge in [0.25, 0.3) is 0 Å². The van der Waals surface area contributed by atoms with E-state index < -0.39 is 0 Å². The molecule has 2 aromatic rings. The molecule has 136 valence electrons. The molecule has 4 rings (SSSR count). The average molecular weight is 353 g/mol. The molecule has 0 amide bonds. The predicted molar refractivity (Wildman–Crippen MR) is 101 cm³/mol. The summed E-state index contributed by atoms with van der Waals surface area (Å²) in [6.45, 7) is 9.53. The fourth-order valence-corrected chi connectivity index (χ4v) is 3.23. The van der Waals surface area contributed by atoms with Gasteiger partial charge < -0.3 is 19.7 Å². The molecule has 0 atom stereocenters. The summed E-state index contributed by atoms with van der Waals surface area (Å²) < 4.78 is 10.8. The Kier molecular flexibility index (Phi) is 4.88. The third-order valence-electron chi connectivity index (χ3n) is 4.62. The molecule has 2 aliphatic rings. The SMILES string of the molecule is C=CCNc1cc(N2CCN(Cc3ccc4c(c3)OCO4)CC2)ncn1. The highest BCUT2D eigenvalue weighted by Gasteiger charge is 2.20. The summed E-state index contributed by atoms with van der Waals surface area (Å²) in [7, 11) is 0. The number of aromatic nitrogens is 2. The van der Waals surface area contributed by atoms with Gasteiger partial charge in [0.05, 0.1) is 0 Å². The Bertz CT molecular complexity index is 774. The quantitative estimate of drug-likeness (QED) is 0.798. The van der Waals surface area contributed by atoms with Gasteiger partial charge in [0, 0.05) is 45.3 Å². The van der Waals surface area contributed by atoms with Gasteiger partial charge in [0.1, 0.15) is 18.0 Å². The van der Waals surface area contributed by atoms with Crippen molar-refractivity contribution in [3.05, 3.63) is 48.8 Å². The minimum Gasteiger partial charge on any atom is -0.454 e. The van der Waals surface area contributed by atoms with Crippen molar-refractivity contribution in [1.29, 1.82) is 0 Å². The van der Waals surface area contributed by atoms with Gasteiger partial charge in [-0.1, -0.05) is 12.1 Å². The fourth-order valence-electron chi connectivity index (χ4n) is 3.23. The van der Waals surface area contributed by atoms with Crippen LogP contribution in [0.4, 0.5) is 11.6 Å². The normalized spacial score (nSPS) is 16.5. The van der Waals surface area contributed by atoms with E-state index in [1.807, 2.05) is 18.2 Å². The van der Waals surface area contributed by atoms with Crippen molar-refractivity contribution < 1.29 is 9.47 Å². The van der Waals surface area contributed by atoms with Gasteiger partial charge in [-0.05, 0) is 17.7 Å². The highest BCUT2D eigenvalue weighted by molar-refractivity contribution is 5.49. The number of hydrogen-bond donors (Lipinski definition) is 1. The van der Waals surface area contributed by atoms with Crippen molar-refractivity contribution >= 4 is 11.6 Å². The van der Waals surface area contributed by atoms with Crippen LogP contribution >= 0.6 is 0 Å². The number of piperazine rings is 1. The molecule has 0 bridgehead atoms. The molecule has 0 aliphatic carbocycles. The van der Waals surface area contributed by atoms with Crippen molar-refractivity contribution in [2.24, 2.45) is 0 Å². The Balaban J connectivity index is 1.33. The lowest BCUT2D eigenvalue weighted by molar-refractivity contribution is 0.174. The Morgan fingerprint density at radius 1 is 1.08 bits per heavy atom. The van der Waals surface area contributed by atoms with Gasteiger partial charge in [-0.3, -0.25) is 4.90 Å². The number of fused-ring (bicyclic) bond motifs is 1. The maximum atomic E-state index is 5.47. The van der Waals surface area contributed by atoms with E-state index in [0.717, 1.165) is 55.9 Å². The molecular formula is C19H23N5O2. The zero-order valence-corrected chi connectivity index (χ0v) is 14.7. The summed E-state index contributed by atoms with van der Waals surface area (Å²) in [6.07, 6.45) is 3.43. The second kappa shape index (κ2) is 7.61. The van der Waals surface area contributed by atoms with Crippen LogP contribution in [0, 0.1) is 0 Å². The zero-order valence-electron chi connectivity index (χ0n) is 14.7. The molecule has 1 N–H and O–H groups in total. The van der Waals surface area contributed by atoms with Gasteiger partial charge in [-0.15, -0.1) is 6.58 Å².